The van der Waals surface area contributed by atoms with Gasteiger partial charge in [-0.3, -0.25) is 0 Å². The third-order valence-corrected chi connectivity index (χ3v) is 4.98. The van der Waals surface area contributed by atoms with E-state index in [2.05, 4.69) is 5.10 Å². The summed E-state index contributed by atoms with van der Waals surface area (Å²) in [7, 11) is 1.20. The highest BCUT2D eigenvalue weighted by Gasteiger charge is 2.18. The molecule has 0 saturated heterocycles. The molecule has 1 heterocycles. The largest absolute Gasteiger partial charge is 0.493 e. The fourth-order valence-corrected chi connectivity index (χ4v) is 2.79. The van der Waals surface area contributed by atoms with Gasteiger partial charge >= 0.3 is 0 Å². The van der Waals surface area contributed by atoms with Crippen LogP contribution in [-0.2, 0) is 17.1 Å². The van der Waals surface area contributed by atoms with E-state index in [-0.39, 0.29) is 10.8 Å². The third kappa shape index (κ3) is 2.30. The zero-order chi connectivity index (χ0) is 15.1. The normalized spacial score (nSPS) is 12.1. The van der Waals surface area contributed by atoms with E-state index in [0.29, 0.717) is 11.3 Å². The number of aromatic nitrogens is 2. The van der Waals surface area contributed by atoms with Gasteiger partial charge in [0.1, 0.15) is 0 Å². The zero-order valence-electron chi connectivity index (χ0n) is 11.8. The zero-order valence-corrected chi connectivity index (χ0v) is 12.6. The standard InChI is InChI=1S/C13H17N3O3S/c1-9-12(14-16(4)13(9)17)10-5-7-11(8-6-10)20(18,19)15(2)3/h5-8,17H,1-4H3. The maximum atomic E-state index is 12.0. The first-order valence-corrected chi connectivity index (χ1v) is 7.44. The number of rotatable bonds is 3. The Balaban J connectivity index is 2.46. The van der Waals surface area contributed by atoms with Crippen LogP contribution in [0, 0.1) is 6.92 Å². The van der Waals surface area contributed by atoms with Crippen LogP contribution in [0.15, 0.2) is 29.2 Å². The van der Waals surface area contributed by atoms with E-state index in [0.717, 1.165) is 5.56 Å². The van der Waals surface area contributed by atoms with Crippen molar-refractivity contribution in [2.45, 2.75) is 11.8 Å². The average Bonchev–Trinajstić information content (AvgIpc) is 2.66. The van der Waals surface area contributed by atoms with Gasteiger partial charge in [-0.15, -0.1) is 0 Å². The van der Waals surface area contributed by atoms with E-state index in [9.17, 15) is 13.5 Å². The molecule has 7 heteroatoms. The summed E-state index contributed by atoms with van der Waals surface area (Å²) in [4.78, 5) is 0.226. The van der Waals surface area contributed by atoms with Gasteiger partial charge in [-0.25, -0.2) is 17.4 Å². The number of aryl methyl sites for hydroxylation is 1. The van der Waals surface area contributed by atoms with Crippen molar-refractivity contribution in [3.8, 4) is 17.1 Å². The predicted molar refractivity (Wildman–Crippen MR) is 75.9 cm³/mol. The van der Waals surface area contributed by atoms with Crippen LogP contribution in [0.2, 0.25) is 0 Å². The summed E-state index contributed by atoms with van der Waals surface area (Å²) >= 11 is 0. The molecule has 20 heavy (non-hydrogen) atoms. The Hall–Kier alpha value is -1.86. The molecule has 0 fully saturated rings. The molecule has 0 bridgehead atoms. The predicted octanol–water partition coefficient (Wildman–Crippen LogP) is 1.35. The fourth-order valence-electron chi connectivity index (χ4n) is 1.89. The Labute approximate surface area is 118 Å². The van der Waals surface area contributed by atoms with Crippen molar-refractivity contribution in [2.75, 3.05) is 14.1 Å². The highest BCUT2D eigenvalue weighted by molar-refractivity contribution is 7.89. The average molecular weight is 295 g/mol. The molecule has 108 valence electrons. The molecule has 1 aromatic heterocycles. The SMILES string of the molecule is Cc1c(-c2ccc(S(=O)(=O)N(C)C)cc2)nn(C)c1O. The Morgan fingerprint density at radius 2 is 1.75 bits per heavy atom. The molecule has 0 unspecified atom stereocenters. The molecule has 0 spiro atoms. The van der Waals surface area contributed by atoms with Crippen molar-refractivity contribution in [3.05, 3.63) is 29.8 Å². The molecule has 0 radical (unpaired) electrons. The van der Waals surface area contributed by atoms with Gasteiger partial charge in [-0.05, 0) is 19.1 Å². The summed E-state index contributed by atoms with van der Waals surface area (Å²) in [6.45, 7) is 1.77. The lowest BCUT2D eigenvalue weighted by Crippen LogP contribution is -2.22. The van der Waals surface area contributed by atoms with Crippen molar-refractivity contribution in [1.29, 1.82) is 0 Å². The van der Waals surface area contributed by atoms with Crippen LogP contribution in [0.5, 0.6) is 5.88 Å². The van der Waals surface area contributed by atoms with Crippen LogP contribution in [0.1, 0.15) is 5.56 Å². The number of sulfonamides is 1. The van der Waals surface area contributed by atoms with Crippen molar-refractivity contribution in [1.82, 2.24) is 14.1 Å². The minimum atomic E-state index is -3.43. The molecule has 0 amide bonds. The maximum absolute atomic E-state index is 12.0. The quantitative estimate of drug-likeness (QED) is 0.927. The molecule has 1 N–H and O–H groups in total. The molecule has 0 aliphatic heterocycles. The van der Waals surface area contributed by atoms with Crippen molar-refractivity contribution in [3.63, 3.8) is 0 Å². The second-order valence-corrected chi connectivity index (χ2v) is 6.88. The van der Waals surface area contributed by atoms with Crippen molar-refractivity contribution in [2.24, 2.45) is 7.05 Å². The van der Waals surface area contributed by atoms with Crippen molar-refractivity contribution < 1.29 is 13.5 Å². The van der Waals surface area contributed by atoms with Gasteiger partial charge in [-0.1, -0.05) is 12.1 Å². The number of hydrogen-bond acceptors (Lipinski definition) is 4. The summed E-state index contributed by atoms with van der Waals surface area (Å²) < 4.78 is 26.5. The summed E-state index contributed by atoms with van der Waals surface area (Å²) in [5.74, 6) is 0.102. The second kappa shape index (κ2) is 4.92. The Kier molecular flexibility index (Phi) is 3.58. The molecule has 6 nitrogen and oxygen atoms in total. The first-order valence-electron chi connectivity index (χ1n) is 6.00. The number of nitrogens with zero attached hydrogens (tertiary/aromatic N) is 3. The van der Waals surface area contributed by atoms with E-state index in [4.69, 9.17) is 0 Å². The Bertz CT molecular complexity index is 731. The van der Waals surface area contributed by atoms with Gasteiger partial charge in [0.25, 0.3) is 0 Å². The molecule has 1 aromatic carbocycles. The van der Waals surface area contributed by atoms with E-state index in [1.165, 1.54) is 35.2 Å². The molecular formula is C13H17N3O3S. The van der Waals surface area contributed by atoms with Gasteiger partial charge in [-0.2, -0.15) is 5.10 Å². The summed E-state index contributed by atoms with van der Waals surface area (Å²) in [6.07, 6.45) is 0. The fraction of sp³-hybridized carbons (Fsp3) is 0.308. The summed E-state index contributed by atoms with van der Waals surface area (Å²) in [5, 5.41) is 14.0. The Morgan fingerprint density at radius 1 is 1.20 bits per heavy atom. The monoisotopic (exact) mass is 295 g/mol. The van der Waals surface area contributed by atoms with Crippen LogP contribution in [-0.4, -0.2) is 41.7 Å². The van der Waals surface area contributed by atoms with E-state index in [1.807, 2.05) is 0 Å². The van der Waals surface area contributed by atoms with Gasteiger partial charge in [0.2, 0.25) is 15.9 Å². The number of hydrogen-bond donors (Lipinski definition) is 1. The maximum Gasteiger partial charge on any atom is 0.242 e. The van der Waals surface area contributed by atoms with Gasteiger partial charge in [0.15, 0.2) is 0 Å². The van der Waals surface area contributed by atoms with Crippen molar-refractivity contribution >= 4 is 10.0 Å². The number of benzene rings is 1. The smallest absolute Gasteiger partial charge is 0.242 e. The molecular weight excluding hydrogens is 278 g/mol. The molecule has 0 aliphatic carbocycles. The minimum Gasteiger partial charge on any atom is -0.493 e. The lowest BCUT2D eigenvalue weighted by Gasteiger charge is -2.11. The second-order valence-electron chi connectivity index (χ2n) is 4.73. The molecule has 0 saturated carbocycles. The van der Waals surface area contributed by atoms with Crippen LogP contribution in [0.25, 0.3) is 11.3 Å². The van der Waals surface area contributed by atoms with Gasteiger partial charge in [0, 0.05) is 32.3 Å². The van der Waals surface area contributed by atoms with Gasteiger partial charge < -0.3 is 5.11 Å². The first-order chi connectivity index (χ1) is 9.25. The Morgan fingerprint density at radius 3 is 2.15 bits per heavy atom. The first kappa shape index (κ1) is 14.5. The molecule has 0 aliphatic rings. The highest BCUT2D eigenvalue weighted by Crippen LogP contribution is 2.28. The summed E-state index contributed by atoms with van der Waals surface area (Å²) in [6, 6.07) is 6.45. The lowest BCUT2D eigenvalue weighted by atomic mass is 10.1. The van der Waals surface area contributed by atoms with Gasteiger partial charge in [0.05, 0.1) is 10.6 Å². The number of aromatic hydroxyl groups is 1. The van der Waals surface area contributed by atoms with E-state index < -0.39 is 10.0 Å². The topological polar surface area (TPSA) is 75.4 Å². The van der Waals surface area contributed by atoms with E-state index in [1.54, 1.807) is 26.1 Å². The van der Waals surface area contributed by atoms with Crippen LogP contribution in [0.4, 0.5) is 0 Å². The van der Waals surface area contributed by atoms with Crippen LogP contribution < -0.4 is 0 Å². The van der Waals surface area contributed by atoms with Crippen LogP contribution >= 0.6 is 0 Å². The summed E-state index contributed by atoms with van der Waals surface area (Å²) in [5.41, 5.74) is 2.06. The molecule has 2 aromatic rings. The van der Waals surface area contributed by atoms with E-state index >= 15 is 0 Å². The molecule has 0 atom stereocenters. The third-order valence-electron chi connectivity index (χ3n) is 3.15. The minimum absolute atomic E-state index is 0.102. The van der Waals surface area contributed by atoms with Crippen LogP contribution in [0.3, 0.4) is 0 Å². The molecule has 2 rings (SSSR count). The lowest BCUT2D eigenvalue weighted by molar-refractivity contribution is 0.416. The highest BCUT2D eigenvalue weighted by atomic mass is 32.2.